The van der Waals surface area contributed by atoms with Gasteiger partial charge in [0.15, 0.2) is 0 Å². The van der Waals surface area contributed by atoms with Gasteiger partial charge in [-0.2, -0.15) is 0 Å². The van der Waals surface area contributed by atoms with Crippen LogP contribution in [0.25, 0.3) is 0 Å². The molecule has 0 unspecified atom stereocenters. The first-order valence-electron chi connectivity index (χ1n) is 6.46. The number of nitrogens with two attached hydrogens (primary N) is 1. The number of nitro benzene ring substituents is 1. The van der Waals surface area contributed by atoms with Gasteiger partial charge < -0.3 is 15.8 Å². The number of carbonyl (C=O) groups is 1. The first kappa shape index (κ1) is 15.2. The SMILES string of the molecule is CC1(NC(=O)c2cc(F)cc([N+](=O)[O-])c2N)CCOCC1. The maximum atomic E-state index is 13.4. The maximum absolute atomic E-state index is 13.4. The number of ether oxygens (including phenoxy) is 1. The molecule has 1 aromatic carbocycles. The number of benzene rings is 1. The summed E-state index contributed by atoms with van der Waals surface area (Å²) in [6, 6.07) is 1.60. The lowest BCUT2D eigenvalue weighted by molar-refractivity contribution is -0.384. The topological polar surface area (TPSA) is 107 Å². The number of rotatable bonds is 3. The zero-order valence-electron chi connectivity index (χ0n) is 11.5. The minimum absolute atomic E-state index is 0.227. The molecule has 1 heterocycles. The van der Waals surface area contributed by atoms with Crippen molar-refractivity contribution in [1.82, 2.24) is 5.32 Å². The summed E-state index contributed by atoms with van der Waals surface area (Å²) < 4.78 is 18.7. The van der Waals surface area contributed by atoms with Crippen LogP contribution < -0.4 is 11.1 Å². The van der Waals surface area contributed by atoms with Crippen LogP contribution in [0.15, 0.2) is 12.1 Å². The van der Waals surface area contributed by atoms with Gasteiger partial charge in [-0.3, -0.25) is 14.9 Å². The number of nitrogens with zero attached hydrogens (tertiary/aromatic N) is 1. The summed E-state index contributed by atoms with van der Waals surface area (Å²) in [5, 5.41) is 13.6. The van der Waals surface area contributed by atoms with E-state index in [4.69, 9.17) is 10.5 Å². The number of nitro groups is 1. The van der Waals surface area contributed by atoms with Gasteiger partial charge in [0.25, 0.3) is 11.6 Å². The van der Waals surface area contributed by atoms with Crippen molar-refractivity contribution < 1.29 is 18.8 Å². The summed E-state index contributed by atoms with van der Waals surface area (Å²) in [5.74, 6) is -1.50. The molecule has 0 aliphatic carbocycles. The lowest BCUT2D eigenvalue weighted by Gasteiger charge is -2.34. The Labute approximate surface area is 120 Å². The van der Waals surface area contributed by atoms with Crippen LogP contribution in [0.2, 0.25) is 0 Å². The number of carbonyl (C=O) groups excluding carboxylic acids is 1. The minimum atomic E-state index is -0.877. The van der Waals surface area contributed by atoms with E-state index in [-0.39, 0.29) is 11.3 Å². The van der Waals surface area contributed by atoms with Crippen molar-refractivity contribution >= 4 is 17.3 Å². The molecule has 0 atom stereocenters. The molecule has 0 saturated carbocycles. The average Bonchev–Trinajstić information content (AvgIpc) is 2.40. The Morgan fingerprint density at radius 1 is 1.48 bits per heavy atom. The number of anilines is 1. The average molecular weight is 297 g/mol. The van der Waals surface area contributed by atoms with E-state index in [0.29, 0.717) is 32.1 Å². The Kier molecular flexibility index (Phi) is 4.08. The third-order valence-corrected chi connectivity index (χ3v) is 3.58. The molecule has 1 aliphatic heterocycles. The normalized spacial score (nSPS) is 17.2. The van der Waals surface area contributed by atoms with E-state index in [2.05, 4.69) is 5.32 Å². The predicted octanol–water partition coefficient (Wildman–Crippen LogP) is 1.62. The lowest BCUT2D eigenvalue weighted by atomic mass is 9.92. The van der Waals surface area contributed by atoms with Crippen molar-refractivity contribution in [3.8, 4) is 0 Å². The van der Waals surface area contributed by atoms with Gasteiger partial charge in [0.05, 0.1) is 16.6 Å². The van der Waals surface area contributed by atoms with E-state index in [1.807, 2.05) is 6.92 Å². The second-order valence-electron chi connectivity index (χ2n) is 5.27. The predicted molar refractivity (Wildman–Crippen MR) is 73.4 cm³/mol. The minimum Gasteiger partial charge on any atom is -0.393 e. The van der Waals surface area contributed by atoms with Gasteiger partial charge in [0.2, 0.25) is 0 Å². The molecule has 1 aromatic rings. The van der Waals surface area contributed by atoms with Crippen LogP contribution in [-0.2, 0) is 4.74 Å². The van der Waals surface area contributed by atoms with Crippen LogP contribution in [-0.4, -0.2) is 29.6 Å². The Balaban J connectivity index is 2.29. The molecule has 21 heavy (non-hydrogen) atoms. The summed E-state index contributed by atoms with van der Waals surface area (Å²) in [6.07, 6.45) is 1.21. The lowest BCUT2D eigenvalue weighted by Crippen LogP contribution is -2.49. The van der Waals surface area contributed by atoms with Crippen LogP contribution in [0, 0.1) is 15.9 Å². The highest BCUT2D eigenvalue weighted by Gasteiger charge is 2.31. The van der Waals surface area contributed by atoms with Gasteiger partial charge in [0.1, 0.15) is 11.5 Å². The summed E-state index contributed by atoms with van der Waals surface area (Å²) in [4.78, 5) is 22.2. The highest BCUT2D eigenvalue weighted by atomic mass is 19.1. The number of hydrogen-bond acceptors (Lipinski definition) is 5. The Morgan fingerprint density at radius 3 is 2.67 bits per heavy atom. The molecule has 2 rings (SSSR count). The van der Waals surface area contributed by atoms with E-state index in [0.717, 1.165) is 6.07 Å². The van der Waals surface area contributed by atoms with Gasteiger partial charge in [-0.15, -0.1) is 0 Å². The molecule has 1 aliphatic rings. The number of nitrogens with one attached hydrogen (secondary N) is 1. The van der Waals surface area contributed by atoms with Crippen LogP contribution >= 0.6 is 0 Å². The highest BCUT2D eigenvalue weighted by Crippen LogP contribution is 2.28. The molecule has 0 bridgehead atoms. The molecule has 1 saturated heterocycles. The smallest absolute Gasteiger partial charge is 0.295 e. The number of nitrogen functional groups attached to an aromatic ring is 1. The van der Waals surface area contributed by atoms with Gasteiger partial charge in [-0.25, -0.2) is 4.39 Å². The molecule has 7 nitrogen and oxygen atoms in total. The standard InChI is InChI=1S/C13H16FN3O4/c1-13(2-4-21-5-3-13)16-12(18)9-6-8(14)7-10(11(9)15)17(19)20/h6-7H,2-5,15H2,1H3,(H,16,18). The van der Waals surface area contributed by atoms with Gasteiger partial charge in [-0.1, -0.05) is 0 Å². The van der Waals surface area contributed by atoms with Crippen LogP contribution in [0.3, 0.4) is 0 Å². The quantitative estimate of drug-likeness (QED) is 0.500. The molecule has 1 amide bonds. The summed E-state index contributed by atoms with van der Waals surface area (Å²) in [6.45, 7) is 2.86. The van der Waals surface area contributed by atoms with Gasteiger partial charge in [0, 0.05) is 18.8 Å². The van der Waals surface area contributed by atoms with Crippen molar-refractivity contribution in [3.05, 3.63) is 33.6 Å². The summed E-state index contributed by atoms with van der Waals surface area (Å²) in [5.41, 5.74) is 3.93. The fraction of sp³-hybridized carbons (Fsp3) is 0.462. The first-order chi connectivity index (χ1) is 9.82. The summed E-state index contributed by atoms with van der Waals surface area (Å²) in [7, 11) is 0. The third kappa shape index (κ3) is 3.27. The van der Waals surface area contributed by atoms with E-state index in [1.54, 1.807) is 0 Å². The molecular weight excluding hydrogens is 281 g/mol. The molecule has 8 heteroatoms. The third-order valence-electron chi connectivity index (χ3n) is 3.58. The van der Waals surface area contributed by atoms with Gasteiger partial charge in [-0.05, 0) is 25.8 Å². The van der Waals surface area contributed by atoms with Gasteiger partial charge >= 0.3 is 0 Å². The highest BCUT2D eigenvalue weighted by molar-refractivity contribution is 6.01. The number of hydrogen-bond donors (Lipinski definition) is 2. The second-order valence-corrected chi connectivity index (χ2v) is 5.27. The molecule has 0 aromatic heterocycles. The maximum Gasteiger partial charge on any atom is 0.295 e. The van der Waals surface area contributed by atoms with Crippen LogP contribution in [0.1, 0.15) is 30.1 Å². The molecule has 0 spiro atoms. The zero-order valence-corrected chi connectivity index (χ0v) is 11.5. The Hall–Kier alpha value is -2.22. The Bertz CT molecular complexity index is 585. The summed E-state index contributed by atoms with van der Waals surface area (Å²) >= 11 is 0. The monoisotopic (exact) mass is 297 g/mol. The molecule has 1 fully saturated rings. The molecule has 114 valence electrons. The van der Waals surface area contributed by atoms with Crippen molar-refractivity contribution in [2.45, 2.75) is 25.3 Å². The number of amides is 1. The van der Waals surface area contributed by atoms with E-state index >= 15 is 0 Å². The van der Waals surface area contributed by atoms with E-state index in [9.17, 15) is 19.3 Å². The van der Waals surface area contributed by atoms with Crippen molar-refractivity contribution in [2.75, 3.05) is 18.9 Å². The van der Waals surface area contributed by atoms with Crippen molar-refractivity contribution in [2.24, 2.45) is 0 Å². The van der Waals surface area contributed by atoms with Crippen molar-refractivity contribution in [1.29, 1.82) is 0 Å². The first-order valence-corrected chi connectivity index (χ1v) is 6.46. The zero-order chi connectivity index (χ0) is 15.6. The fourth-order valence-electron chi connectivity index (χ4n) is 2.23. The van der Waals surface area contributed by atoms with E-state index in [1.165, 1.54) is 0 Å². The Morgan fingerprint density at radius 2 is 2.10 bits per heavy atom. The molecule has 3 N–H and O–H groups in total. The van der Waals surface area contributed by atoms with Crippen LogP contribution in [0.4, 0.5) is 15.8 Å². The molecular formula is C13H16FN3O4. The second kappa shape index (κ2) is 5.65. The molecule has 0 radical (unpaired) electrons. The number of halogens is 1. The largest absolute Gasteiger partial charge is 0.393 e. The van der Waals surface area contributed by atoms with Crippen LogP contribution in [0.5, 0.6) is 0 Å². The van der Waals surface area contributed by atoms with Crippen molar-refractivity contribution in [3.63, 3.8) is 0 Å². The van der Waals surface area contributed by atoms with E-state index < -0.39 is 27.9 Å². The fourth-order valence-corrected chi connectivity index (χ4v) is 2.23.